The Morgan fingerprint density at radius 3 is 2.61 bits per heavy atom. The highest BCUT2D eigenvalue weighted by molar-refractivity contribution is 6.31. The van der Waals surface area contributed by atoms with Gasteiger partial charge in [0.2, 0.25) is 11.9 Å². The zero-order chi connectivity index (χ0) is 20.1. The van der Waals surface area contributed by atoms with Crippen molar-refractivity contribution in [2.24, 2.45) is 5.73 Å². The summed E-state index contributed by atoms with van der Waals surface area (Å²) in [6.07, 6.45) is 1.45. The van der Waals surface area contributed by atoms with E-state index in [1.54, 1.807) is 24.3 Å². The number of anilines is 1. The normalized spacial score (nSPS) is 10.6. The molecule has 3 rings (SSSR count). The lowest BCUT2D eigenvalue weighted by molar-refractivity contribution is 0.100. The van der Waals surface area contributed by atoms with Crippen molar-refractivity contribution in [3.63, 3.8) is 0 Å². The van der Waals surface area contributed by atoms with Crippen LogP contribution in [0.15, 0.2) is 48.5 Å². The number of nitrogens with two attached hydrogens (primary N) is 2. The number of aryl methyl sites for hydroxylation is 1. The minimum atomic E-state index is -0.460. The van der Waals surface area contributed by atoms with Gasteiger partial charge in [-0.3, -0.25) is 4.79 Å². The lowest BCUT2D eigenvalue weighted by Gasteiger charge is -2.10. The molecule has 3 aromatic rings. The zero-order valence-corrected chi connectivity index (χ0v) is 16.2. The molecule has 0 fully saturated rings. The molecule has 1 heterocycles. The second-order valence-electron chi connectivity index (χ2n) is 6.36. The Morgan fingerprint density at radius 1 is 1.14 bits per heavy atom. The number of carbonyl (C=O) groups excluding carboxylic acids is 1. The molecule has 0 bridgehead atoms. The molecule has 0 radical (unpaired) electrons. The van der Waals surface area contributed by atoms with Crippen LogP contribution < -0.4 is 16.2 Å². The van der Waals surface area contributed by atoms with Gasteiger partial charge in [0.1, 0.15) is 5.75 Å². The highest BCUT2D eigenvalue weighted by Gasteiger charge is 2.09. The van der Waals surface area contributed by atoms with Crippen molar-refractivity contribution < 1.29 is 9.53 Å². The van der Waals surface area contributed by atoms with Crippen molar-refractivity contribution in [3.05, 3.63) is 70.4 Å². The standard InChI is InChI=1S/C21H21ClN4O2/c1-13-17(5-2-6-18(13)22)19-12-15(25-21(24)26-19)4-3-11-28-16-9-7-14(8-10-16)20(23)27/h2,5-10,12H,3-4,11H2,1H3,(H2,23,27)(H2,24,25,26). The quantitative estimate of drug-likeness (QED) is 0.591. The largest absolute Gasteiger partial charge is 0.494 e. The monoisotopic (exact) mass is 396 g/mol. The van der Waals surface area contributed by atoms with E-state index in [-0.39, 0.29) is 5.95 Å². The molecule has 28 heavy (non-hydrogen) atoms. The molecule has 4 N–H and O–H groups in total. The van der Waals surface area contributed by atoms with Gasteiger partial charge in [-0.05, 0) is 61.7 Å². The number of hydrogen-bond acceptors (Lipinski definition) is 5. The van der Waals surface area contributed by atoms with E-state index in [0.29, 0.717) is 29.4 Å². The third-order valence-corrected chi connectivity index (χ3v) is 4.73. The van der Waals surface area contributed by atoms with Gasteiger partial charge in [-0.2, -0.15) is 0 Å². The summed E-state index contributed by atoms with van der Waals surface area (Å²) >= 11 is 6.21. The Balaban J connectivity index is 1.62. The van der Waals surface area contributed by atoms with Crippen LogP contribution in [0.3, 0.4) is 0 Å². The highest BCUT2D eigenvalue weighted by Crippen LogP contribution is 2.28. The number of nitrogens with zero attached hydrogens (tertiary/aromatic N) is 2. The van der Waals surface area contributed by atoms with Gasteiger partial charge in [-0.1, -0.05) is 23.7 Å². The van der Waals surface area contributed by atoms with E-state index in [4.69, 9.17) is 27.8 Å². The van der Waals surface area contributed by atoms with Gasteiger partial charge < -0.3 is 16.2 Å². The van der Waals surface area contributed by atoms with Crippen molar-refractivity contribution >= 4 is 23.5 Å². The summed E-state index contributed by atoms with van der Waals surface area (Å²) in [6, 6.07) is 14.4. The molecule has 7 heteroatoms. The predicted molar refractivity (Wildman–Crippen MR) is 110 cm³/mol. The minimum absolute atomic E-state index is 0.231. The summed E-state index contributed by atoms with van der Waals surface area (Å²) < 4.78 is 5.70. The molecule has 0 unspecified atom stereocenters. The van der Waals surface area contributed by atoms with E-state index in [1.165, 1.54) is 0 Å². The van der Waals surface area contributed by atoms with E-state index in [2.05, 4.69) is 9.97 Å². The SMILES string of the molecule is Cc1c(Cl)cccc1-c1cc(CCCOc2ccc(C(N)=O)cc2)nc(N)n1. The lowest BCUT2D eigenvalue weighted by Crippen LogP contribution is -2.10. The van der Waals surface area contributed by atoms with Gasteiger partial charge in [-0.25, -0.2) is 9.97 Å². The fourth-order valence-electron chi connectivity index (χ4n) is 2.83. The van der Waals surface area contributed by atoms with Crippen LogP contribution in [0.25, 0.3) is 11.3 Å². The first-order valence-electron chi connectivity index (χ1n) is 8.85. The third kappa shape index (κ3) is 4.78. The summed E-state index contributed by atoms with van der Waals surface area (Å²) in [5, 5.41) is 0.687. The third-order valence-electron chi connectivity index (χ3n) is 4.32. The molecule has 0 spiro atoms. The fraction of sp³-hybridized carbons (Fsp3) is 0.190. The number of hydrogen-bond donors (Lipinski definition) is 2. The number of benzene rings is 2. The van der Waals surface area contributed by atoms with Gasteiger partial charge in [0.05, 0.1) is 12.3 Å². The van der Waals surface area contributed by atoms with Gasteiger partial charge in [0, 0.05) is 21.8 Å². The molecule has 6 nitrogen and oxygen atoms in total. The maximum atomic E-state index is 11.1. The van der Waals surface area contributed by atoms with E-state index in [0.717, 1.165) is 28.9 Å². The Labute approximate surface area is 168 Å². The van der Waals surface area contributed by atoms with E-state index >= 15 is 0 Å². The van der Waals surface area contributed by atoms with Gasteiger partial charge in [0.15, 0.2) is 0 Å². The second-order valence-corrected chi connectivity index (χ2v) is 6.76. The minimum Gasteiger partial charge on any atom is -0.494 e. The molecular formula is C21H21ClN4O2. The van der Waals surface area contributed by atoms with Crippen LogP contribution in [0.1, 0.15) is 28.0 Å². The number of halogens is 1. The Bertz CT molecular complexity index is 990. The first kappa shape index (κ1) is 19.6. The molecule has 0 saturated heterocycles. The van der Waals surface area contributed by atoms with Gasteiger partial charge in [0.25, 0.3) is 0 Å². The van der Waals surface area contributed by atoms with Crippen molar-refractivity contribution in [3.8, 4) is 17.0 Å². The molecular weight excluding hydrogens is 376 g/mol. The van der Waals surface area contributed by atoms with Crippen LogP contribution >= 0.6 is 11.6 Å². The summed E-state index contributed by atoms with van der Waals surface area (Å²) in [6.45, 7) is 2.46. The summed E-state index contributed by atoms with van der Waals surface area (Å²) in [5.41, 5.74) is 15.1. The van der Waals surface area contributed by atoms with Gasteiger partial charge >= 0.3 is 0 Å². The number of primary amides is 1. The molecule has 0 aliphatic carbocycles. The highest BCUT2D eigenvalue weighted by atomic mass is 35.5. The molecule has 0 saturated carbocycles. The summed E-state index contributed by atoms with van der Waals surface area (Å²) in [5.74, 6) is 0.455. The predicted octanol–water partition coefficient (Wildman–Crippen LogP) is 3.80. The summed E-state index contributed by atoms with van der Waals surface area (Å²) in [4.78, 5) is 19.7. The maximum Gasteiger partial charge on any atom is 0.248 e. The molecule has 1 aromatic heterocycles. The van der Waals surface area contributed by atoms with E-state index in [1.807, 2.05) is 31.2 Å². The van der Waals surface area contributed by atoms with Crippen molar-refractivity contribution in [2.75, 3.05) is 12.3 Å². The molecule has 144 valence electrons. The second kappa shape index (κ2) is 8.71. The van der Waals surface area contributed by atoms with Crippen molar-refractivity contribution in [1.29, 1.82) is 0 Å². The van der Waals surface area contributed by atoms with Crippen LogP contribution in [0.4, 0.5) is 5.95 Å². The number of carbonyl (C=O) groups is 1. The average molecular weight is 397 g/mol. The van der Waals surface area contributed by atoms with E-state index < -0.39 is 5.91 Å². The van der Waals surface area contributed by atoms with Crippen LogP contribution in [-0.4, -0.2) is 22.5 Å². The Hall–Kier alpha value is -3.12. The first-order valence-corrected chi connectivity index (χ1v) is 9.23. The lowest BCUT2D eigenvalue weighted by atomic mass is 10.0. The zero-order valence-electron chi connectivity index (χ0n) is 15.5. The van der Waals surface area contributed by atoms with E-state index in [9.17, 15) is 4.79 Å². The number of rotatable bonds is 7. The van der Waals surface area contributed by atoms with Crippen LogP contribution in [0.5, 0.6) is 5.75 Å². The average Bonchev–Trinajstić information content (AvgIpc) is 2.67. The van der Waals surface area contributed by atoms with Crippen LogP contribution in [0.2, 0.25) is 5.02 Å². The number of amides is 1. The summed E-state index contributed by atoms with van der Waals surface area (Å²) in [7, 11) is 0. The van der Waals surface area contributed by atoms with Crippen LogP contribution in [0, 0.1) is 6.92 Å². The topological polar surface area (TPSA) is 104 Å². The number of aromatic nitrogens is 2. The smallest absolute Gasteiger partial charge is 0.248 e. The van der Waals surface area contributed by atoms with Crippen molar-refractivity contribution in [2.45, 2.75) is 19.8 Å². The molecule has 0 atom stereocenters. The molecule has 0 aliphatic rings. The molecule has 0 aliphatic heterocycles. The Morgan fingerprint density at radius 2 is 1.89 bits per heavy atom. The maximum absolute atomic E-state index is 11.1. The fourth-order valence-corrected chi connectivity index (χ4v) is 3.00. The number of nitrogen functional groups attached to an aromatic ring is 1. The molecule has 1 amide bonds. The molecule has 2 aromatic carbocycles. The van der Waals surface area contributed by atoms with Gasteiger partial charge in [-0.15, -0.1) is 0 Å². The van der Waals surface area contributed by atoms with Crippen LogP contribution in [-0.2, 0) is 6.42 Å². The first-order chi connectivity index (χ1) is 13.4. The Kier molecular flexibility index (Phi) is 6.11. The van der Waals surface area contributed by atoms with Crippen molar-refractivity contribution in [1.82, 2.24) is 9.97 Å². The number of ether oxygens (including phenoxy) is 1.